The Morgan fingerprint density at radius 1 is 1.35 bits per heavy atom. The van der Waals surface area contributed by atoms with E-state index in [4.69, 9.17) is 27.9 Å². The number of para-hydroxylation sites is 1. The molecule has 0 spiro atoms. The van der Waals surface area contributed by atoms with Crippen LogP contribution in [0.15, 0.2) is 18.2 Å². The summed E-state index contributed by atoms with van der Waals surface area (Å²) in [7, 11) is 0. The van der Waals surface area contributed by atoms with Crippen molar-refractivity contribution in [2.45, 2.75) is 25.8 Å². The molecule has 2 N–H and O–H groups in total. The summed E-state index contributed by atoms with van der Waals surface area (Å²) in [5, 5.41) is 3.66. The van der Waals surface area contributed by atoms with Crippen LogP contribution in [0.25, 0.3) is 0 Å². The van der Waals surface area contributed by atoms with Gasteiger partial charge in [-0.1, -0.05) is 36.2 Å². The first-order valence-electron chi connectivity index (χ1n) is 6.81. The molecule has 0 aromatic heterocycles. The van der Waals surface area contributed by atoms with Gasteiger partial charge in [0.05, 0.1) is 10.0 Å². The number of amides is 4. The second-order valence-electron chi connectivity index (χ2n) is 5.13. The lowest BCUT2D eigenvalue weighted by atomic mass is 10.00. The number of carbonyl (C=O) groups is 3. The summed E-state index contributed by atoms with van der Waals surface area (Å²) < 4.78 is 5.24. The second kappa shape index (κ2) is 6.64. The van der Waals surface area contributed by atoms with Crippen molar-refractivity contribution in [1.29, 1.82) is 0 Å². The molecule has 0 unspecified atom stereocenters. The minimum atomic E-state index is -1.03. The van der Waals surface area contributed by atoms with Crippen LogP contribution >= 0.6 is 23.2 Å². The Labute approximate surface area is 142 Å². The summed E-state index contributed by atoms with van der Waals surface area (Å²) in [6.45, 7) is 2.88. The largest absolute Gasteiger partial charge is 0.481 e. The highest BCUT2D eigenvalue weighted by Gasteiger charge is 2.47. The molecule has 1 heterocycles. The number of nitrogens with zero attached hydrogens (tertiary/aromatic N) is 1. The second-order valence-corrected chi connectivity index (χ2v) is 5.95. The Hall–Kier alpha value is -1.99. The first kappa shape index (κ1) is 17.4. The standard InChI is InChI=1S/C14H15Cl2N3O4/c1-3-14(2)12(21)19(13(22)17-14)18-10(20)7-23-11-8(15)5-4-6-9(11)16/h4-6H,3,7H2,1-2H3,(H,17,22)(H,18,20)/t14-/m1/s1. The zero-order valence-electron chi connectivity index (χ0n) is 12.5. The van der Waals surface area contributed by atoms with Crippen LogP contribution < -0.4 is 15.5 Å². The van der Waals surface area contributed by atoms with Gasteiger partial charge < -0.3 is 10.1 Å². The van der Waals surface area contributed by atoms with Crippen LogP contribution in [0.3, 0.4) is 0 Å². The molecule has 4 amide bonds. The molecule has 0 saturated carbocycles. The Kier molecular flexibility index (Phi) is 5.01. The molecule has 0 bridgehead atoms. The molecule has 23 heavy (non-hydrogen) atoms. The highest BCUT2D eigenvalue weighted by atomic mass is 35.5. The fourth-order valence-corrected chi connectivity index (χ4v) is 2.45. The van der Waals surface area contributed by atoms with Crippen LogP contribution in [0.1, 0.15) is 20.3 Å². The van der Waals surface area contributed by atoms with E-state index < -0.39 is 30.0 Å². The molecule has 1 aliphatic heterocycles. The van der Waals surface area contributed by atoms with Crippen molar-refractivity contribution in [1.82, 2.24) is 15.8 Å². The predicted octanol–water partition coefficient (Wildman–Crippen LogP) is 2.12. The monoisotopic (exact) mass is 359 g/mol. The van der Waals surface area contributed by atoms with E-state index in [1.165, 1.54) is 0 Å². The fraction of sp³-hybridized carbons (Fsp3) is 0.357. The quantitative estimate of drug-likeness (QED) is 0.788. The van der Waals surface area contributed by atoms with Crippen molar-refractivity contribution in [2.75, 3.05) is 6.61 Å². The van der Waals surface area contributed by atoms with Crippen LogP contribution in [0.2, 0.25) is 10.0 Å². The molecule has 2 rings (SSSR count). The lowest BCUT2D eigenvalue weighted by molar-refractivity contribution is -0.139. The van der Waals surface area contributed by atoms with Gasteiger partial charge in [-0.15, -0.1) is 0 Å². The van der Waals surface area contributed by atoms with E-state index in [9.17, 15) is 14.4 Å². The topological polar surface area (TPSA) is 87.7 Å². The maximum absolute atomic E-state index is 12.1. The zero-order valence-corrected chi connectivity index (χ0v) is 14.0. The van der Waals surface area contributed by atoms with Gasteiger partial charge in [-0.2, -0.15) is 5.01 Å². The molecule has 1 fully saturated rings. The van der Waals surface area contributed by atoms with Crippen LogP contribution in [0.4, 0.5) is 4.79 Å². The first-order valence-corrected chi connectivity index (χ1v) is 7.57. The maximum atomic E-state index is 12.1. The van der Waals surface area contributed by atoms with Crippen LogP contribution in [0.5, 0.6) is 5.75 Å². The summed E-state index contributed by atoms with van der Waals surface area (Å²) in [5.41, 5.74) is 1.17. The molecule has 9 heteroatoms. The molecule has 1 aromatic carbocycles. The molecule has 1 aromatic rings. The maximum Gasteiger partial charge on any atom is 0.344 e. The van der Waals surface area contributed by atoms with Gasteiger partial charge >= 0.3 is 6.03 Å². The molecule has 1 aliphatic rings. The van der Waals surface area contributed by atoms with Crippen molar-refractivity contribution in [3.05, 3.63) is 28.2 Å². The molecule has 1 saturated heterocycles. The number of rotatable bonds is 5. The molecule has 124 valence electrons. The summed E-state index contributed by atoms with van der Waals surface area (Å²) >= 11 is 11.8. The van der Waals surface area contributed by atoms with Gasteiger partial charge in [0.15, 0.2) is 12.4 Å². The van der Waals surface area contributed by atoms with E-state index in [0.29, 0.717) is 11.4 Å². The van der Waals surface area contributed by atoms with Gasteiger partial charge in [0, 0.05) is 0 Å². The van der Waals surface area contributed by atoms with Crippen molar-refractivity contribution < 1.29 is 19.1 Å². The van der Waals surface area contributed by atoms with Crippen molar-refractivity contribution in [2.24, 2.45) is 0 Å². The number of benzene rings is 1. The molecule has 0 radical (unpaired) electrons. The zero-order chi connectivity index (χ0) is 17.2. The lowest BCUT2D eigenvalue weighted by Crippen LogP contribution is -2.49. The average Bonchev–Trinajstić information content (AvgIpc) is 2.71. The first-order chi connectivity index (χ1) is 10.8. The van der Waals surface area contributed by atoms with Gasteiger partial charge in [-0.25, -0.2) is 4.79 Å². The van der Waals surface area contributed by atoms with Crippen LogP contribution in [-0.4, -0.2) is 35.0 Å². The van der Waals surface area contributed by atoms with E-state index in [-0.39, 0.29) is 15.8 Å². The summed E-state index contributed by atoms with van der Waals surface area (Å²) in [4.78, 5) is 35.8. The number of imide groups is 1. The summed E-state index contributed by atoms with van der Waals surface area (Å²) in [6.07, 6.45) is 0.398. The van der Waals surface area contributed by atoms with Gasteiger partial charge in [-0.3, -0.25) is 15.0 Å². The van der Waals surface area contributed by atoms with Gasteiger partial charge in [0.1, 0.15) is 5.54 Å². The normalized spacial score (nSPS) is 20.4. The molecular formula is C14H15Cl2N3O4. The number of halogens is 2. The molecule has 7 nitrogen and oxygen atoms in total. The third-order valence-corrected chi connectivity index (χ3v) is 4.07. The minimum Gasteiger partial charge on any atom is -0.481 e. The highest BCUT2D eigenvalue weighted by molar-refractivity contribution is 6.37. The Bertz CT molecular complexity index is 647. The molecule has 1 atom stereocenters. The minimum absolute atomic E-state index is 0.154. The molecule has 0 aliphatic carbocycles. The third kappa shape index (κ3) is 3.51. The predicted molar refractivity (Wildman–Crippen MR) is 84.2 cm³/mol. The number of urea groups is 1. The highest BCUT2D eigenvalue weighted by Crippen LogP contribution is 2.32. The lowest BCUT2D eigenvalue weighted by Gasteiger charge is -2.19. The number of carbonyl (C=O) groups excluding carboxylic acids is 3. The smallest absolute Gasteiger partial charge is 0.344 e. The van der Waals surface area contributed by atoms with Crippen molar-refractivity contribution in [3.63, 3.8) is 0 Å². The Morgan fingerprint density at radius 3 is 2.48 bits per heavy atom. The van der Waals surface area contributed by atoms with E-state index in [1.54, 1.807) is 32.0 Å². The summed E-state index contributed by atoms with van der Waals surface area (Å²) in [6, 6.07) is 4.06. The van der Waals surface area contributed by atoms with Gasteiger partial charge in [-0.05, 0) is 25.5 Å². The SMILES string of the molecule is CC[C@@]1(C)NC(=O)N(NC(=O)COc2c(Cl)cccc2Cl)C1=O. The fourth-order valence-electron chi connectivity index (χ4n) is 1.94. The van der Waals surface area contributed by atoms with Crippen LogP contribution in [0, 0.1) is 0 Å². The summed E-state index contributed by atoms with van der Waals surface area (Å²) in [5.74, 6) is -1.07. The number of ether oxygens (including phenoxy) is 1. The van der Waals surface area contributed by atoms with E-state index >= 15 is 0 Å². The Morgan fingerprint density at radius 2 is 1.96 bits per heavy atom. The van der Waals surface area contributed by atoms with Gasteiger partial charge in [0.2, 0.25) is 0 Å². The number of nitrogens with one attached hydrogen (secondary N) is 2. The number of hydrogen-bond donors (Lipinski definition) is 2. The third-order valence-electron chi connectivity index (χ3n) is 3.47. The van der Waals surface area contributed by atoms with E-state index in [2.05, 4.69) is 10.7 Å². The number of hydrogen-bond acceptors (Lipinski definition) is 4. The Balaban J connectivity index is 1.98. The van der Waals surface area contributed by atoms with Crippen LogP contribution in [-0.2, 0) is 9.59 Å². The van der Waals surface area contributed by atoms with Crippen molar-refractivity contribution >= 4 is 41.0 Å². The molecular weight excluding hydrogens is 345 g/mol. The van der Waals surface area contributed by atoms with E-state index in [0.717, 1.165) is 0 Å². The van der Waals surface area contributed by atoms with Crippen molar-refractivity contribution in [3.8, 4) is 5.75 Å². The average molecular weight is 360 g/mol. The number of hydrazine groups is 1. The van der Waals surface area contributed by atoms with Gasteiger partial charge in [0.25, 0.3) is 11.8 Å². The van der Waals surface area contributed by atoms with E-state index in [1.807, 2.05) is 0 Å².